The van der Waals surface area contributed by atoms with Gasteiger partial charge in [-0.1, -0.05) is 243 Å². The second-order valence-electron chi connectivity index (χ2n) is 18.8. The molecule has 0 amide bonds. The predicted molar refractivity (Wildman–Crippen MR) is 305 cm³/mol. The van der Waals surface area contributed by atoms with Crippen molar-refractivity contribution in [2.24, 2.45) is 0 Å². The molecule has 1 heterocycles. The van der Waals surface area contributed by atoms with Gasteiger partial charge in [-0.2, -0.15) is 0 Å². The van der Waals surface area contributed by atoms with E-state index in [9.17, 15) is 5.41 Å². The lowest BCUT2D eigenvalue weighted by Crippen LogP contribution is -2.28. The number of rotatable bonds is 10. The first-order valence-corrected chi connectivity index (χ1v) is 25.0. The lowest BCUT2D eigenvalue weighted by Gasteiger charge is -2.34. The predicted octanol–water partition coefficient (Wildman–Crippen LogP) is 17.4. The first-order valence-electron chi connectivity index (χ1n) is 25.0. The molecule has 0 aromatic heterocycles. The van der Waals surface area contributed by atoms with Crippen LogP contribution < -0.4 is 10.2 Å². The van der Waals surface area contributed by atoms with Crippen LogP contribution in [0.4, 0.5) is 17.1 Å². The normalized spacial score (nSPS) is 13.7. The molecule has 3 heteroatoms. The molecule has 2 N–H and O–H groups in total. The minimum Gasteiger partial charge on any atom is -0.354 e. The molecule has 73 heavy (non-hydrogen) atoms. The van der Waals surface area contributed by atoms with Crippen molar-refractivity contribution in [1.29, 1.82) is 5.41 Å². The van der Waals surface area contributed by atoms with Gasteiger partial charge >= 0.3 is 0 Å². The van der Waals surface area contributed by atoms with Crippen LogP contribution in [0.25, 0.3) is 56.1 Å². The number of nitrogens with one attached hydrogen (secondary N) is 2. The van der Waals surface area contributed by atoms with Crippen molar-refractivity contribution in [3.8, 4) is 22.3 Å². The first kappa shape index (κ1) is 43.5. The van der Waals surface area contributed by atoms with Crippen LogP contribution in [0.5, 0.6) is 0 Å². The van der Waals surface area contributed by atoms with E-state index in [-0.39, 0.29) is 0 Å². The molecule has 1 aliphatic heterocycles. The molecule has 0 saturated carbocycles. The summed E-state index contributed by atoms with van der Waals surface area (Å²) in [5.41, 5.74) is 20.4. The number of fused-ring (bicyclic) bond motifs is 5. The fraction of sp³-hybridized carbons (Fsp3) is 0.0143. The van der Waals surface area contributed by atoms with Gasteiger partial charge in [0.25, 0.3) is 0 Å². The minimum atomic E-state index is -0.568. The molecular formula is C70H49N3. The Morgan fingerprint density at radius 1 is 0.397 bits per heavy atom. The molecule has 11 aromatic carbocycles. The molecule has 344 valence electrons. The van der Waals surface area contributed by atoms with Gasteiger partial charge in [0.1, 0.15) is 0 Å². The lowest BCUT2D eigenvalue weighted by molar-refractivity contribution is 0.768. The van der Waals surface area contributed by atoms with Gasteiger partial charge in [-0.3, -0.25) is 5.41 Å². The summed E-state index contributed by atoms with van der Waals surface area (Å²) in [5, 5.41) is 16.2. The topological polar surface area (TPSA) is 39.1 Å². The number of anilines is 3. The van der Waals surface area contributed by atoms with E-state index >= 15 is 0 Å². The van der Waals surface area contributed by atoms with Crippen LogP contribution in [-0.2, 0) is 5.41 Å². The average molecular weight is 932 g/mol. The molecule has 13 rings (SSSR count). The molecule has 2 aliphatic rings. The van der Waals surface area contributed by atoms with Crippen LogP contribution >= 0.6 is 0 Å². The quantitative estimate of drug-likeness (QED) is 0.134. The molecule has 1 aliphatic carbocycles. The zero-order valence-corrected chi connectivity index (χ0v) is 40.1. The Bertz CT molecular complexity index is 3880. The third-order valence-electron chi connectivity index (χ3n) is 14.7. The summed E-state index contributed by atoms with van der Waals surface area (Å²) in [7, 11) is 0. The fourth-order valence-electron chi connectivity index (χ4n) is 11.4. The zero-order valence-electron chi connectivity index (χ0n) is 40.1. The number of hydrogen-bond donors (Lipinski definition) is 2. The van der Waals surface area contributed by atoms with E-state index in [1.807, 2.05) is 36.4 Å². The van der Waals surface area contributed by atoms with Gasteiger partial charge in [0, 0.05) is 39.3 Å². The molecule has 0 spiro atoms. The Morgan fingerprint density at radius 2 is 0.959 bits per heavy atom. The minimum absolute atomic E-state index is 0.450. The van der Waals surface area contributed by atoms with Crippen molar-refractivity contribution in [3.63, 3.8) is 0 Å². The van der Waals surface area contributed by atoms with Crippen LogP contribution in [0.3, 0.4) is 0 Å². The Kier molecular flexibility index (Phi) is 10.9. The maximum Gasteiger partial charge on any atom is 0.0714 e. The molecule has 0 bridgehead atoms. The van der Waals surface area contributed by atoms with Gasteiger partial charge in [-0.15, -0.1) is 0 Å². The molecule has 0 radical (unpaired) electrons. The Balaban J connectivity index is 1.06. The van der Waals surface area contributed by atoms with Crippen molar-refractivity contribution in [1.82, 2.24) is 5.32 Å². The first-order chi connectivity index (χ1) is 36.1. The van der Waals surface area contributed by atoms with E-state index in [1.165, 1.54) is 49.7 Å². The number of allylic oxidation sites excluding steroid dienone is 1. The van der Waals surface area contributed by atoms with Crippen LogP contribution in [0, 0.1) is 5.41 Å². The van der Waals surface area contributed by atoms with E-state index in [2.05, 4.69) is 259 Å². The van der Waals surface area contributed by atoms with Crippen molar-refractivity contribution >= 4 is 56.6 Å². The van der Waals surface area contributed by atoms with Crippen molar-refractivity contribution in [3.05, 3.63) is 329 Å². The number of hydrogen-bond acceptors (Lipinski definition) is 3. The molecule has 0 fully saturated rings. The molecule has 3 nitrogen and oxygen atoms in total. The molecule has 0 atom stereocenters. The molecule has 11 aromatic rings. The highest BCUT2D eigenvalue weighted by Gasteiger charge is 2.47. The summed E-state index contributed by atoms with van der Waals surface area (Å²) in [6.07, 6.45) is 2.27. The summed E-state index contributed by atoms with van der Waals surface area (Å²) >= 11 is 0. The second-order valence-corrected chi connectivity index (χ2v) is 18.8. The van der Waals surface area contributed by atoms with E-state index < -0.39 is 5.41 Å². The maximum absolute atomic E-state index is 9.89. The summed E-state index contributed by atoms with van der Waals surface area (Å²) < 4.78 is 0. The van der Waals surface area contributed by atoms with Crippen LogP contribution in [-0.4, -0.2) is 5.71 Å². The second kappa shape index (κ2) is 18.3. The van der Waals surface area contributed by atoms with E-state index in [0.717, 1.165) is 67.4 Å². The van der Waals surface area contributed by atoms with Crippen molar-refractivity contribution < 1.29 is 0 Å². The Labute approximate surface area is 426 Å². The highest BCUT2D eigenvalue weighted by Crippen LogP contribution is 2.59. The van der Waals surface area contributed by atoms with E-state index in [4.69, 9.17) is 0 Å². The SMILES string of the molecule is N=C(/C(=C1\NC(c2ccccc2)=Cc2cc(N(c3ccc(-c4ccc5ccccc5c4)cc3)c3cccc4c3-c3ccccc3C4(c3ccccc3)c3ccccc3)ccc21)c1ccccc1)c1ccccc1. The Hall–Kier alpha value is -9.57. The van der Waals surface area contributed by atoms with E-state index in [1.54, 1.807) is 0 Å². The van der Waals surface area contributed by atoms with E-state index in [0.29, 0.717) is 5.71 Å². The summed E-state index contributed by atoms with van der Waals surface area (Å²) in [6.45, 7) is 0. The van der Waals surface area contributed by atoms with Gasteiger partial charge in [-0.25, -0.2) is 0 Å². The summed E-state index contributed by atoms with van der Waals surface area (Å²) in [4.78, 5) is 2.46. The lowest BCUT2D eigenvalue weighted by atomic mass is 9.68. The van der Waals surface area contributed by atoms with Gasteiger partial charge in [0.15, 0.2) is 0 Å². The molecule has 0 unspecified atom stereocenters. The third-order valence-corrected chi connectivity index (χ3v) is 14.7. The summed E-state index contributed by atoms with van der Waals surface area (Å²) in [6, 6.07) is 100. The number of nitrogens with zero attached hydrogens (tertiary/aromatic N) is 1. The van der Waals surface area contributed by atoms with Gasteiger partial charge in [0.2, 0.25) is 0 Å². The van der Waals surface area contributed by atoms with Gasteiger partial charge in [-0.05, 0) is 109 Å². The maximum atomic E-state index is 9.89. The molecule has 0 saturated heterocycles. The largest absolute Gasteiger partial charge is 0.354 e. The standard InChI is InChI=1S/C70H49N3/c71-68(52-26-10-3-11-27-52)66(51-24-8-2-9-25-51)69-60-44-43-59(46-55(60)47-64(72-69)50-22-6-1-7-23-50)73(58-41-39-49(40-42-58)54-38-37-48-21-16-17-28-53(48)45-54)65-36-20-35-63-67(65)61-33-18-19-34-62(61)70(63,56-29-12-4-13-30-56)57-31-14-5-15-32-57/h1-47,71-72H/b69-66-,71-68?. The van der Waals surface area contributed by atoms with Crippen LogP contribution in [0.15, 0.2) is 279 Å². The van der Waals surface area contributed by atoms with Gasteiger partial charge in [0.05, 0.1) is 22.5 Å². The van der Waals surface area contributed by atoms with Gasteiger partial charge < -0.3 is 10.2 Å². The summed E-state index contributed by atoms with van der Waals surface area (Å²) in [5.74, 6) is 0. The number of benzene rings is 11. The molecular weight excluding hydrogens is 883 g/mol. The monoisotopic (exact) mass is 931 g/mol. The van der Waals surface area contributed by atoms with Crippen molar-refractivity contribution in [2.75, 3.05) is 4.90 Å². The third kappa shape index (κ3) is 7.49. The van der Waals surface area contributed by atoms with Crippen LogP contribution in [0.2, 0.25) is 0 Å². The van der Waals surface area contributed by atoms with Crippen LogP contribution in [0.1, 0.15) is 50.1 Å². The van der Waals surface area contributed by atoms with Crippen molar-refractivity contribution in [2.45, 2.75) is 5.41 Å². The highest BCUT2D eigenvalue weighted by atomic mass is 15.1. The fourth-order valence-corrected chi connectivity index (χ4v) is 11.4. The highest BCUT2D eigenvalue weighted by molar-refractivity contribution is 6.36. The smallest absolute Gasteiger partial charge is 0.0714 e. The Morgan fingerprint density at radius 3 is 1.66 bits per heavy atom. The average Bonchev–Trinajstić information content (AvgIpc) is 3.78. The zero-order chi connectivity index (χ0) is 48.7.